The molecule has 110 valence electrons. The fraction of sp³-hybridized carbons (Fsp3) is 1.00. The van der Waals surface area contributed by atoms with E-state index < -0.39 is 51.0 Å². The SMILES string of the molecule is CC(OS(=O)[O-])C(COS(=O)(=O)O)OS(=O)(=O)O. The Morgan fingerprint density at radius 2 is 1.72 bits per heavy atom. The zero-order chi connectivity index (χ0) is 14.6. The first-order chi connectivity index (χ1) is 7.91. The molecular weight excluding hydrogens is 320 g/mol. The molecule has 0 heterocycles. The van der Waals surface area contributed by atoms with Gasteiger partial charge in [-0.05, 0) is 6.92 Å². The van der Waals surface area contributed by atoms with Gasteiger partial charge in [-0.25, -0.2) is 12.6 Å². The minimum absolute atomic E-state index is 0.999. The van der Waals surface area contributed by atoms with E-state index in [0.29, 0.717) is 0 Å². The fourth-order valence-electron chi connectivity index (χ4n) is 0.737. The molecule has 0 aliphatic rings. The smallest absolute Gasteiger partial charge is 0.397 e. The summed E-state index contributed by atoms with van der Waals surface area (Å²) in [6.45, 7) is -0.101. The molecular formula is C4H9O11S3-. The van der Waals surface area contributed by atoms with Crippen molar-refractivity contribution in [3.05, 3.63) is 0 Å². The van der Waals surface area contributed by atoms with E-state index in [1.807, 2.05) is 0 Å². The van der Waals surface area contributed by atoms with Crippen molar-refractivity contribution in [2.75, 3.05) is 6.61 Å². The van der Waals surface area contributed by atoms with Crippen molar-refractivity contribution in [2.24, 2.45) is 0 Å². The molecule has 3 unspecified atom stereocenters. The minimum atomic E-state index is -5.01. The molecule has 14 heteroatoms. The summed E-state index contributed by atoms with van der Waals surface area (Å²) in [7, 11) is -9.91. The highest BCUT2D eigenvalue weighted by atomic mass is 32.3. The number of rotatable bonds is 8. The van der Waals surface area contributed by atoms with Gasteiger partial charge in [0.25, 0.3) is 0 Å². The third-order valence-electron chi connectivity index (χ3n) is 1.38. The summed E-state index contributed by atoms with van der Waals surface area (Å²) in [5.74, 6) is 0. The Bertz CT molecular complexity index is 476. The predicted octanol–water partition coefficient (Wildman–Crippen LogP) is -1.81. The van der Waals surface area contributed by atoms with E-state index in [0.717, 1.165) is 6.92 Å². The van der Waals surface area contributed by atoms with E-state index in [4.69, 9.17) is 9.11 Å². The zero-order valence-corrected chi connectivity index (χ0v) is 11.1. The Kier molecular flexibility index (Phi) is 6.75. The molecule has 0 aromatic heterocycles. The van der Waals surface area contributed by atoms with Crippen molar-refractivity contribution in [3.8, 4) is 0 Å². The van der Waals surface area contributed by atoms with Gasteiger partial charge in [0, 0.05) is 0 Å². The largest absolute Gasteiger partial charge is 0.750 e. The van der Waals surface area contributed by atoms with Crippen molar-refractivity contribution in [2.45, 2.75) is 19.1 Å². The molecule has 0 bridgehead atoms. The molecule has 0 aliphatic carbocycles. The van der Waals surface area contributed by atoms with E-state index >= 15 is 0 Å². The Balaban J connectivity index is 4.77. The van der Waals surface area contributed by atoms with Crippen LogP contribution >= 0.6 is 0 Å². The second-order valence-corrected chi connectivity index (χ2v) is 5.52. The molecule has 0 aliphatic heterocycles. The summed E-state index contributed by atoms with van der Waals surface area (Å²) in [4.78, 5) is 0. The third-order valence-corrected chi connectivity index (χ3v) is 2.77. The van der Waals surface area contributed by atoms with Crippen LogP contribution in [0.15, 0.2) is 0 Å². The van der Waals surface area contributed by atoms with Crippen LogP contribution in [0.2, 0.25) is 0 Å². The van der Waals surface area contributed by atoms with Crippen LogP contribution in [0.1, 0.15) is 6.92 Å². The average Bonchev–Trinajstić information content (AvgIpc) is 2.07. The first-order valence-electron chi connectivity index (χ1n) is 3.94. The van der Waals surface area contributed by atoms with E-state index in [9.17, 15) is 25.6 Å². The third kappa shape index (κ3) is 9.80. The Morgan fingerprint density at radius 1 is 1.22 bits per heavy atom. The minimum Gasteiger partial charge on any atom is -0.750 e. The maximum Gasteiger partial charge on any atom is 0.397 e. The van der Waals surface area contributed by atoms with E-state index in [1.54, 1.807) is 0 Å². The van der Waals surface area contributed by atoms with Gasteiger partial charge >= 0.3 is 20.8 Å². The van der Waals surface area contributed by atoms with E-state index in [2.05, 4.69) is 12.5 Å². The van der Waals surface area contributed by atoms with Crippen LogP contribution in [0.3, 0.4) is 0 Å². The van der Waals surface area contributed by atoms with Crippen LogP contribution in [0.4, 0.5) is 0 Å². The molecule has 0 amide bonds. The van der Waals surface area contributed by atoms with Crippen molar-refractivity contribution in [1.82, 2.24) is 0 Å². The second kappa shape index (κ2) is 6.83. The molecule has 0 fully saturated rings. The summed E-state index contributed by atoms with van der Waals surface area (Å²) < 4.78 is 90.1. The van der Waals surface area contributed by atoms with Crippen molar-refractivity contribution in [1.29, 1.82) is 0 Å². The number of hydrogen-bond donors (Lipinski definition) is 2. The maximum atomic E-state index is 10.4. The molecule has 0 aromatic carbocycles. The van der Waals surface area contributed by atoms with Gasteiger partial charge in [0.15, 0.2) is 0 Å². The number of hydrogen-bond acceptors (Lipinski definition) is 9. The highest BCUT2D eigenvalue weighted by molar-refractivity contribution is 7.81. The van der Waals surface area contributed by atoms with Crippen LogP contribution in [0.25, 0.3) is 0 Å². The van der Waals surface area contributed by atoms with Gasteiger partial charge in [-0.2, -0.15) is 16.8 Å². The van der Waals surface area contributed by atoms with E-state index in [-0.39, 0.29) is 0 Å². The van der Waals surface area contributed by atoms with Gasteiger partial charge in [-0.1, -0.05) is 0 Å². The first-order valence-corrected chi connectivity index (χ1v) is 7.67. The fourth-order valence-corrected chi connectivity index (χ4v) is 1.94. The molecule has 0 saturated heterocycles. The molecule has 0 aromatic rings. The topological polar surface area (TPSA) is 177 Å². The molecule has 0 rings (SSSR count). The molecule has 3 atom stereocenters. The maximum absolute atomic E-state index is 10.4. The predicted molar refractivity (Wildman–Crippen MR) is 53.4 cm³/mol. The first kappa shape index (κ1) is 17.8. The van der Waals surface area contributed by atoms with Crippen LogP contribution in [0, 0.1) is 0 Å². The average molecular weight is 329 g/mol. The molecule has 0 saturated carbocycles. The molecule has 0 spiro atoms. The Morgan fingerprint density at radius 3 is 2.06 bits per heavy atom. The van der Waals surface area contributed by atoms with Crippen LogP contribution in [-0.4, -0.2) is 53.5 Å². The van der Waals surface area contributed by atoms with Gasteiger partial charge in [0.2, 0.25) is 0 Å². The summed E-state index contributed by atoms with van der Waals surface area (Å²) >= 11 is -3.04. The van der Waals surface area contributed by atoms with Crippen LogP contribution in [0.5, 0.6) is 0 Å². The molecule has 18 heavy (non-hydrogen) atoms. The van der Waals surface area contributed by atoms with Crippen LogP contribution < -0.4 is 0 Å². The quantitative estimate of drug-likeness (QED) is 0.379. The lowest BCUT2D eigenvalue weighted by Gasteiger charge is -2.22. The normalized spacial score (nSPS) is 18.2. The van der Waals surface area contributed by atoms with Gasteiger partial charge < -0.3 is 4.55 Å². The zero-order valence-electron chi connectivity index (χ0n) is 8.66. The molecule has 11 nitrogen and oxygen atoms in total. The van der Waals surface area contributed by atoms with Crippen molar-refractivity contribution < 1.29 is 47.3 Å². The summed E-state index contributed by atoms with van der Waals surface area (Å²) in [5, 5.41) is 0. The summed E-state index contributed by atoms with van der Waals surface area (Å²) in [6, 6.07) is 0. The monoisotopic (exact) mass is 329 g/mol. The Hall–Kier alpha value is -0.190. The van der Waals surface area contributed by atoms with Gasteiger partial charge in [-0.15, -0.1) is 0 Å². The van der Waals surface area contributed by atoms with Gasteiger partial charge in [0.1, 0.15) is 12.2 Å². The molecule has 0 radical (unpaired) electrons. The second-order valence-electron chi connectivity index (χ2n) is 2.78. The molecule has 2 N–H and O–H groups in total. The van der Waals surface area contributed by atoms with Gasteiger partial charge in [0.05, 0.1) is 18.0 Å². The highest BCUT2D eigenvalue weighted by Crippen LogP contribution is 2.10. The van der Waals surface area contributed by atoms with Crippen molar-refractivity contribution >= 4 is 32.2 Å². The summed E-state index contributed by atoms with van der Waals surface area (Å²) in [5.41, 5.74) is 0. The van der Waals surface area contributed by atoms with E-state index in [1.165, 1.54) is 0 Å². The lowest BCUT2D eigenvalue weighted by atomic mass is 10.2. The van der Waals surface area contributed by atoms with Gasteiger partial charge in [-0.3, -0.25) is 13.3 Å². The highest BCUT2D eigenvalue weighted by Gasteiger charge is 2.27. The standard InChI is InChI=1S/C4H10O11S3/c1-3(14-16(5)6)4(15-18(10,11)12)2-13-17(7,8)9/h3-4H,2H2,1H3,(H,5,6)(H,7,8,9)(H,10,11,12)/p-1. The summed E-state index contributed by atoms with van der Waals surface area (Å²) in [6.07, 6.45) is -3.33. The Labute approximate surface area is 105 Å². The lowest BCUT2D eigenvalue weighted by Crippen LogP contribution is -2.36. The van der Waals surface area contributed by atoms with Crippen molar-refractivity contribution in [3.63, 3.8) is 0 Å². The lowest BCUT2D eigenvalue weighted by molar-refractivity contribution is 0.0294. The van der Waals surface area contributed by atoms with Crippen LogP contribution in [-0.2, 0) is 44.7 Å².